The summed E-state index contributed by atoms with van der Waals surface area (Å²) in [5, 5.41) is 13.1. The third-order valence-electron chi connectivity index (χ3n) is 13.1. The normalized spacial score (nSPS) is 14.6. The maximum atomic E-state index is 11.1. The van der Waals surface area contributed by atoms with Crippen molar-refractivity contribution in [1.29, 1.82) is 0 Å². The third-order valence-corrected chi connectivity index (χ3v) is 13.1. The summed E-state index contributed by atoms with van der Waals surface area (Å²) in [7, 11) is 0. The smallest absolute Gasteiger partial charge is 0.227 e. The van der Waals surface area contributed by atoms with Crippen LogP contribution in [0.3, 0.4) is 0 Å². The number of pyridine rings is 3. The first kappa shape index (κ1) is 36.3. The standard InChI is InChI=1S/C53H49N3O2/c1-31(2)39-16-11-17-40(32(3)4)50(39)36-21-35(41-15-9-10-19-47(41)57)22-38(23-36)52(5,6)49-20-12-18-44(55-49)45-25-48-43(30-54-45)42-24-37-28-53(29-46(37)56-51(42)58-48)26-33-13-7-8-14-34(33)27-53/h7-25,30-32,57H,26-29H2,1-6H3. The average Bonchev–Trinajstić information content (AvgIpc) is 3.89. The number of nitrogens with zero attached hydrogens (tertiary/aromatic N) is 3. The summed E-state index contributed by atoms with van der Waals surface area (Å²) in [5.41, 5.74) is 17.1. The van der Waals surface area contributed by atoms with Crippen molar-refractivity contribution in [2.45, 2.75) is 84.5 Å². The number of aromatic hydroxyl groups is 1. The van der Waals surface area contributed by atoms with Crippen LogP contribution in [0.2, 0.25) is 0 Å². The van der Waals surface area contributed by atoms with Gasteiger partial charge in [0.05, 0.1) is 17.1 Å². The van der Waals surface area contributed by atoms with Gasteiger partial charge in [-0.05, 0) is 123 Å². The summed E-state index contributed by atoms with van der Waals surface area (Å²) in [4.78, 5) is 15.4. The number of benzene rings is 4. The number of hydrogen-bond acceptors (Lipinski definition) is 5. The van der Waals surface area contributed by atoms with E-state index >= 15 is 0 Å². The Hall–Kier alpha value is -6.07. The predicted octanol–water partition coefficient (Wildman–Crippen LogP) is 12.9. The van der Waals surface area contributed by atoms with Crippen molar-refractivity contribution in [1.82, 2.24) is 15.0 Å². The molecular formula is C53H49N3O2. The Kier molecular flexibility index (Phi) is 8.45. The molecule has 1 spiro atoms. The first-order valence-corrected chi connectivity index (χ1v) is 20.8. The van der Waals surface area contributed by atoms with Gasteiger partial charge in [0.25, 0.3) is 0 Å². The highest BCUT2D eigenvalue weighted by Crippen LogP contribution is 2.48. The van der Waals surface area contributed by atoms with Crippen molar-refractivity contribution in [3.8, 4) is 39.4 Å². The van der Waals surface area contributed by atoms with Crippen LogP contribution in [0.4, 0.5) is 0 Å². The molecule has 4 aromatic heterocycles. The third kappa shape index (κ3) is 6.02. The second-order valence-electron chi connectivity index (χ2n) is 18.1. The number of furan rings is 1. The molecule has 58 heavy (non-hydrogen) atoms. The van der Waals surface area contributed by atoms with E-state index in [0.717, 1.165) is 81.4 Å². The molecule has 0 aliphatic heterocycles. The molecule has 2 aliphatic rings. The number of aromatic nitrogens is 3. The maximum absolute atomic E-state index is 11.1. The van der Waals surface area contributed by atoms with E-state index in [9.17, 15) is 5.11 Å². The topological polar surface area (TPSA) is 72.0 Å². The van der Waals surface area contributed by atoms with Gasteiger partial charge >= 0.3 is 0 Å². The van der Waals surface area contributed by atoms with Crippen LogP contribution in [0, 0.1) is 5.41 Å². The lowest BCUT2D eigenvalue weighted by molar-refractivity contribution is 0.325. The van der Waals surface area contributed by atoms with Crippen molar-refractivity contribution >= 4 is 22.1 Å². The van der Waals surface area contributed by atoms with Crippen LogP contribution in [0.1, 0.15) is 98.1 Å². The van der Waals surface area contributed by atoms with Crippen LogP contribution in [0.15, 0.2) is 126 Å². The Morgan fingerprint density at radius 2 is 1.31 bits per heavy atom. The van der Waals surface area contributed by atoms with Crippen LogP contribution < -0.4 is 0 Å². The highest BCUT2D eigenvalue weighted by atomic mass is 16.3. The Morgan fingerprint density at radius 1 is 0.638 bits per heavy atom. The van der Waals surface area contributed by atoms with Gasteiger partial charge in [-0.3, -0.25) is 9.97 Å². The largest absolute Gasteiger partial charge is 0.507 e. The second-order valence-corrected chi connectivity index (χ2v) is 18.1. The number of fused-ring (bicyclic) bond motifs is 5. The second kappa shape index (κ2) is 13.5. The summed E-state index contributed by atoms with van der Waals surface area (Å²) in [6.45, 7) is 13.5. The average molecular weight is 760 g/mol. The summed E-state index contributed by atoms with van der Waals surface area (Å²) in [5.74, 6) is 0.946. The van der Waals surface area contributed by atoms with Gasteiger partial charge < -0.3 is 9.52 Å². The zero-order valence-corrected chi connectivity index (χ0v) is 34.2. The Bertz CT molecular complexity index is 2860. The minimum Gasteiger partial charge on any atom is -0.507 e. The van der Waals surface area contributed by atoms with Gasteiger partial charge in [-0.2, -0.15) is 0 Å². The van der Waals surface area contributed by atoms with Crippen LogP contribution in [0.5, 0.6) is 5.75 Å². The van der Waals surface area contributed by atoms with Crippen molar-refractivity contribution in [2.75, 3.05) is 0 Å². The minimum absolute atomic E-state index is 0.227. The van der Waals surface area contributed by atoms with Gasteiger partial charge in [0.15, 0.2) is 0 Å². The molecule has 0 radical (unpaired) electrons. The summed E-state index contributed by atoms with van der Waals surface area (Å²) >= 11 is 0. The highest BCUT2D eigenvalue weighted by Gasteiger charge is 2.43. The van der Waals surface area contributed by atoms with Gasteiger partial charge in [0, 0.05) is 39.7 Å². The molecule has 4 aromatic carbocycles. The lowest BCUT2D eigenvalue weighted by Gasteiger charge is -2.28. The van der Waals surface area contributed by atoms with Crippen LogP contribution >= 0.6 is 0 Å². The molecular weight excluding hydrogens is 711 g/mol. The van der Waals surface area contributed by atoms with Crippen molar-refractivity contribution in [3.63, 3.8) is 0 Å². The fourth-order valence-electron chi connectivity index (χ4n) is 9.93. The molecule has 0 bridgehead atoms. The molecule has 0 saturated carbocycles. The molecule has 0 unspecified atom stereocenters. The van der Waals surface area contributed by atoms with E-state index in [-0.39, 0.29) is 11.2 Å². The minimum atomic E-state index is -0.498. The summed E-state index contributed by atoms with van der Waals surface area (Å²) in [6.07, 6.45) is 6.19. The van der Waals surface area contributed by atoms with Gasteiger partial charge in [0.1, 0.15) is 11.3 Å². The van der Waals surface area contributed by atoms with Crippen molar-refractivity contribution in [2.24, 2.45) is 5.41 Å². The van der Waals surface area contributed by atoms with Gasteiger partial charge in [-0.1, -0.05) is 120 Å². The Morgan fingerprint density at radius 3 is 2.03 bits per heavy atom. The Labute approximate surface area is 340 Å². The zero-order valence-electron chi connectivity index (χ0n) is 34.2. The zero-order chi connectivity index (χ0) is 39.9. The van der Waals surface area contributed by atoms with Crippen LogP contribution in [0.25, 0.3) is 55.7 Å². The lowest BCUT2D eigenvalue weighted by Crippen LogP contribution is -2.21. The number of para-hydroxylation sites is 1. The summed E-state index contributed by atoms with van der Waals surface area (Å²) < 4.78 is 6.49. The van der Waals surface area contributed by atoms with Crippen molar-refractivity contribution < 1.29 is 9.52 Å². The van der Waals surface area contributed by atoms with Gasteiger partial charge in [-0.25, -0.2) is 4.98 Å². The first-order chi connectivity index (χ1) is 28.0. The molecule has 0 atom stereocenters. The highest BCUT2D eigenvalue weighted by molar-refractivity contribution is 6.04. The first-order valence-electron chi connectivity index (χ1n) is 20.8. The fourth-order valence-corrected chi connectivity index (χ4v) is 9.93. The van der Waals surface area contributed by atoms with E-state index in [1.54, 1.807) is 6.07 Å². The van der Waals surface area contributed by atoms with Crippen LogP contribution in [-0.2, 0) is 31.1 Å². The number of rotatable bonds is 7. The fraction of sp³-hybridized carbons (Fsp3) is 0.264. The molecule has 8 aromatic rings. The molecule has 10 rings (SSSR count). The van der Waals surface area contributed by atoms with E-state index in [0.29, 0.717) is 17.5 Å². The van der Waals surface area contributed by atoms with E-state index < -0.39 is 5.41 Å². The molecule has 0 saturated heterocycles. The molecule has 2 aliphatic carbocycles. The van der Waals surface area contributed by atoms with Crippen molar-refractivity contribution in [3.05, 3.63) is 166 Å². The monoisotopic (exact) mass is 759 g/mol. The molecule has 288 valence electrons. The summed E-state index contributed by atoms with van der Waals surface area (Å²) in [6, 6.07) is 40.6. The molecule has 5 heteroatoms. The van der Waals surface area contributed by atoms with E-state index in [1.807, 2.05) is 36.5 Å². The molecule has 0 fully saturated rings. The maximum Gasteiger partial charge on any atom is 0.227 e. The number of hydrogen-bond donors (Lipinski definition) is 1. The molecule has 4 heterocycles. The predicted molar refractivity (Wildman–Crippen MR) is 236 cm³/mol. The molecule has 0 amide bonds. The SMILES string of the molecule is CC(C)c1cccc(C(C)C)c1-c1cc(-c2ccccc2O)cc(C(C)(C)c2cccc(-c3cc4oc5nc6c(cc5c4cn3)CC3(Cc4ccccc4C3)C6)n2)c1. The Balaban J connectivity index is 1.02. The number of phenols is 1. The van der Waals surface area contributed by atoms with E-state index in [1.165, 1.54) is 39.1 Å². The molecule has 5 nitrogen and oxygen atoms in total. The van der Waals surface area contributed by atoms with Gasteiger partial charge in [0.2, 0.25) is 5.71 Å². The van der Waals surface area contributed by atoms with E-state index in [2.05, 4.69) is 120 Å². The quantitative estimate of drug-likeness (QED) is 0.175. The van der Waals surface area contributed by atoms with E-state index in [4.69, 9.17) is 19.4 Å². The van der Waals surface area contributed by atoms with Crippen LogP contribution in [-0.4, -0.2) is 20.1 Å². The number of phenolic OH excluding ortho intramolecular Hbond substituents is 1. The van der Waals surface area contributed by atoms with Gasteiger partial charge in [-0.15, -0.1) is 0 Å². The molecule has 1 N–H and O–H groups in total. The lowest BCUT2D eigenvalue weighted by atomic mass is 9.77.